The van der Waals surface area contributed by atoms with E-state index in [1.807, 2.05) is 12.1 Å². The normalized spacial score (nSPS) is 12.5. The summed E-state index contributed by atoms with van der Waals surface area (Å²) in [6, 6.07) is 4.23. The first-order valence-electron chi connectivity index (χ1n) is 5.94. The van der Waals surface area contributed by atoms with Crippen molar-refractivity contribution in [3.8, 4) is 0 Å². The Labute approximate surface area is 97.4 Å². The van der Waals surface area contributed by atoms with Crippen LogP contribution in [0.5, 0.6) is 0 Å². The highest BCUT2D eigenvalue weighted by Crippen LogP contribution is 2.21. The zero-order chi connectivity index (χ0) is 12.1. The van der Waals surface area contributed by atoms with E-state index in [1.54, 1.807) is 0 Å². The van der Waals surface area contributed by atoms with Crippen molar-refractivity contribution in [1.82, 2.24) is 4.57 Å². The van der Waals surface area contributed by atoms with Crippen molar-refractivity contribution >= 4 is 5.97 Å². The van der Waals surface area contributed by atoms with Gasteiger partial charge in [0.15, 0.2) is 0 Å². The van der Waals surface area contributed by atoms with Crippen molar-refractivity contribution < 1.29 is 9.53 Å². The highest BCUT2D eigenvalue weighted by Gasteiger charge is 2.17. The van der Waals surface area contributed by atoms with E-state index in [0.717, 1.165) is 19.3 Å². The van der Waals surface area contributed by atoms with Gasteiger partial charge < -0.3 is 9.30 Å². The van der Waals surface area contributed by atoms with E-state index in [0.29, 0.717) is 11.7 Å². The van der Waals surface area contributed by atoms with Crippen LogP contribution in [0.25, 0.3) is 0 Å². The van der Waals surface area contributed by atoms with Gasteiger partial charge in [0.1, 0.15) is 5.69 Å². The lowest BCUT2D eigenvalue weighted by atomic mass is 10.2. The minimum Gasteiger partial charge on any atom is -0.464 e. The average molecular weight is 223 g/mol. The molecule has 0 amide bonds. The lowest BCUT2D eigenvalue weighted by molar-refractivity contribution is 0.0585. The molecule has 90 valence electrons. The Bertz CT molecular complexity index is 355. The van der Waals surface area contributed by atoms with Crippen LogP contribution in [0.1, 0.15) is 55.8 Å². The molecule has 3 heteroatoms. The first kappa shape index (κ1) is 12.8. The second-order valence-corrected chi connectivity index (χ2v) is 4.08. The van der Waals surface area contributed by atoms with E-state index in [9.17, 15) is 4.79 Å². The molecule has 0 saturated carbocycles. The number of esters is 1. The smallest absolute Gasteiger partial charge is 0.354 e. The number of carbonyl (C=O) groups excluding carboxylic acids is 1. The standard InChI is InChI=1S/C13H21NO2/c1-5-7-11-8-9-12(13(15)16-4)14(11)10(3)6-2/h8-10H,5-7H2,1-4H3. The number of hydrogen-bond acceptors (Lipinski definition) is 2. The lowest BCUT2D eigenvalue weighted by Gasteiger charge is -2.18. The zero-order valence-electron chi connectivity index (χ0n) is 10.6. The highest BCUT2D eigenvalue weighted by molar-refractivity contribution is 5.87. The number of hydrogen-bond donors (Lipinski definition) is 0. The second kappa shape index (κ2) is 5.73. The van der Waals surface area contributed by atoms with Gasteiger partial charge in [-0.3, -0.25) is 0 Å². The molecule has 1 aromatic rings. The molecule has 0 saturated heterocycles. The lowest BCUT2D eigenvalue weighted by Crippen LogP contribution is -2.16. The third kappa shape index (κ3) is 2.46. The van der Waals surface area contributed by atoms with Crippen LogP contribution in [0, 0.1) is 0 Å². The van der Waals surface area contributed by atoms with Crippen molar-refractivity contribution in [2.45, 2.75) is 46.1 Å². The summed E-state index contributed by atoms with van der Waals surface area (Å²) < 4.78 is 6.91. The topological polar surface area (TPSA) is 31.2 Å². The first-order valence-corrected chi connectivity index (χ1v) is 5.94. The Balaban J connectivity index is 3.13. The minimum absolute atomic E-state index is 0.248. The second-order valence-electron chi connectivity index (χ2n) is 4.08. The number of aromatic nitrogens is 1. The predicted molar refractivity (Wildman–Crippen MR) is 64.8 cm³/mol. The number of carbonyl (C=O) groups is 1. The quantitative estimate of drug-likeness (QED) is 0.718. The van der Waals surface area contributed by atoms with Gasteiger partial charge in [0, 0.05) is 11.7 Å². The predicted octanol–water partition coefficient (Wildman–Crippen LogP) is 3.20. The monoisotopic (exact) mass is 223 g/mol. The van der Waals surface area contributed by atoms with Crippen LogP contribution < -0.4 is 0 Å². The molecule has 0 aliphatic heterocycles. The van der Waals surface area contributed by atoms with E-state index in [-0.39, 0.29) is 5.97 Å². The summed E-state index contributed by atoms with van der Waals surface area (Å²) in [6.45, 7) is 6.40. The Morgan fingerprint density at radius 1 is 1.44 bits per heavy atom. The van der Waals surface area contributed by atoms with Crippen LogP contribution in [0.3, 0.4) is 0 Å². The summed E-state index contributed by atoms with van der Waals surface area (Å²) in [5.41, 5.74) is 1.89. The molecule has 0 N–H and O–H groups in total. The van der Waals surface area contributed by atoms with E-state index in [2.05, 4.69) is 25.3 Å². The maximum Gasteiger partial charge on any atom is 0.354 e. The molecule has 1 atom stereocenters. The molecule has 0 spiro atoms. The molecule has 0 fully saturated rings. The van der Waals surface area contributed by atoms with Crippen molar-refractivity contribution in [2.75, 3.05) is 7.11 Å². The Morgan fingerprint density at radius 3 is 2.62 bits per heavy atom. The maximum absolute atomic E-state index is 11.6. The average Bonchev–Trinajstić information content (AvgIpc) is 2.71. The molecular weight excluding hydrogens is 202 g/mol. The molecule has 0 bridgehead atoms. The summed E-state index contributed by atoms with van der Waals surface area (Å²) in [7, 11) is 1.43. The first-order chi connectivity index (χ1) is 7.65. The van der Waals surface area contributed by atoms with Crippen LogP contribution in [0.4, 0.5) is 0 Å². The van der Waals surface area contributed by atoms with Gasteiger partial charge in [0.25, 0.3) is 0 Å². The SMILES string of the molecule is CCCc1ccc(C(=O)OC)n1C(C)CC. The fraction of sp³-hybridized carbons (Fsp3) is 0.615. The largest absolute Gasteiger partial charge is 0.464 e. The molecule has 0 aliphatic rings. The fourth-order valence-electron chi connectivity index (χ4n) is 1.92. The zero-order valence-corrected chi connectivity index (χ0v) is 10.6. The third-order valence-electron chi connectivity index (χ3n) is 2.93. The van der Waals surface area contributed by atoms with Gasteiger partial charge in [-0.05, 0) is 31.9 Å². The Hall–Kier alpha value is -1.25. The molecule has 0 aliphatic carbocycles. The fourth-order valence-corrected chi connectivity index (χ4v) is 1.92. The van der Waals surface area contributed by atoms with Crippen molar-refractivity contribution in [2.24, 2.45) is 0 Å². The summed E-state index contributed by atoms with van der Waals surface area (Å²) in [5.74, 6) is -0.248. The summed E-state index contributed by atoms with van der Waals surface area (Å²) >= 11 is 0. The number of rotatable bonds is 5. The van der Waals surface area contributed by atoms with Crippen LogP contribution in [0.2, 0.25) is 0 Å². The van der Waals surface area contributed by atoms with Gasteiger partial charge in [-0.15, -0.1) is 0 Å². The molecule has 1 aromatic heterocycles. The van der Waals surface area contributed by atoms with E-state index < -0.39 is 0 Å². The number of nitrogens with zero attached hydrogens (tertiary/aromatic N) is 1. The van der Waals surface area contributed by atoms with Gasteiger partial charge in [-0.1, -0.05) is 20.3 Å². The Kier molecular flexibility index (Phi) is 4.59. The van der Waals surface area contributed by atoms with Crippen LogP contribution in [-0.2, 0) is 11.2 Å². The minimum atomic E-state index is -0.248. The van der Waals surface area contributed by atoms with Crippen molar-refractivity contribution in [1.29, 1.82) is 0 Å². The maximum atomic E-state index is 11.6. The van der Waals surface area contributed by atoms with Crippen LogP contribution in [0.15, 0.2) is 12.1 Å². The number of ether oxygens (including phenoxy) is 1. The van der Waals surface area contributed by atoms with Crippen molar-refractivity contribution in [3.05, 3.63) is 23.5 Å². The highest BCUT2D eigenvalue weighted by atomic mass is 16.5. The van der Waals surface area contributed by atoms with Crippen molar-refractivity contribution in [3.63, 3.8) is 0 Å². The van der Waals surface area contributed by atoms with E-state index >= 15 is 0 Å². The molecule has 0 aromatic carbocycles. The van der Waals surface area contributed by atoms with E-state index in [1.165, 1.54) is 12.8 Å². The van der Waals surface area contributed by atoms with Gasteiger partial charge in [-0.25, -0.2) is 4.79 Å². The molecule has 1 heterocycles. The number of methoxy groups -OCH3 is 1. The third-order valence-corrected chi connectivity index (χ3v) is 2.93. The summed E-state index contributed by atoms with van der Waals surface area (Å²) in [4.78, 5) is 11.6. The van der Waals surface area contributed by atoms with Crippen LogP contribution in [-0.4, -0.2) is 17.6 Å². The molecule has 0 radical (unpaired) electrons. The van der Waals surface area contributed by atoms with Gasteiger partial charge in [0.2, 0.25) is 0 Å². The number of aryl methyl sites for hydroxylation is 1. The molecule has 1 unspecified atom stereocenters. The van der Waals surface area contributed by atoms with E-state index in [4.69, 9.17) is 4.74 Å². The van der Waals surface area contributed by atoms with Crippen LogP contribution >= 0.6 is 0 Å². The molecule has 1 rings (SSSR count). The molecular formula is C13H21NO2. The molecule has 3 nitrogen and oxygen atoms in total. The molecule has 16 heavy (non-hydrogen) atoms. The van der Waals surface area contributed by atoms with Gasteiger partial charge in [0.05, 0.1) is 7.11 Å². The Morgan fingerprint density at radius 2 is 2.12 bits per heavy atom. The van der Waals surface area contributed by atoms with Gasteiger partial charge >= 0.3 is 5.97 Å². The summed E-state index contributed by atoms with van der Waals surface area (Å²) in [5, 5.41) is 0. The van der Waals surface area contributed by atoms with Gasteiger partial charge in [-0.2, -0.15) is 0 Å². The summed E-state index contributed by atoms with van der Waals surface area (Å²) in [6.07, 6.45) is 3.10.